The lowest BCUT2D eigenvalue weighted by atomic mass is 9.57. The summed E-state index contributed by atoms with van der Waals surface area (Å²) in [6.45, 7) is 4.41. The van der Waals surface area contributed by atoms with Crippen molar-refractivity contribution in [3.63, 3.8) is 0 Å². The van der Waals surface area contributed by atoms with Crippen molar-refractivity contribution >= 4 is 5.78 Å². The summed E-state index contributed by atoms with van der Waals surface area (Å²) < 4.78 is 0. The Labute approximate surface area is 135 Å². The molecule has 0 aromatic rings. The predicted molar refractivity (Wildman–Crippen MR) is 89.5 cm³/mol. The summed E-state index contributed by atoms with van der Waals surface area (Å²) in [7, 11) is 0. The number of aliphatic hydroxyl groups excluding tert-OH is 1. The fraction of sp³-hybridized carbons (Fsp3) is 0.850. The van der Waals surface area contributed by atoms with Crippen molar-refractivity contribution in [2.45, 2.75) is 84.2 Å². The fourth-order valence-electron chi connectivity index (χ4n) is 5.48. The molecule has 0 spiro atoms. The van der Waals surface area contributed by atoms with Crippen molar-refractivity contribution in [2.75, 3.05) is 0 Å². The zero-order valence-corrected chi connectivity index (χ0v) is 14.3. The van der Waals surface area contributed by atoms with E-state index in [0.29, 0.717) is 11.7 Å². The Kier molecular flexibility index (Phi) is 4.77. The van der Waals surface area contributed by atoms with Crippen LogP contribution in [0.25, 0.3) is 0 Å². The Morgan fingerprint density at radius 1 is 1.41 bits per heavy atom. The summed E-state index contributed by atoms with van der Waals surface area (Å²) in [6.07, 6.45) is 12.9. The van der Waals surface area contributed by atoms with Gasteiger partial charge in [0.05, 0.1) is 6.10 Å². The maximum atomic E-state index is 12.3. The third kappa shape index (κ3) is 2.91. The number of fused-ring (bicyclic) bond motifs is 3. The SMILES string of the molecule is CCCC[C@H](O)CC1=CCC2C(CC[C@]3(C)C(=O)CCC23)C1. The molecular weight excluding hydrogens is 272 g/mol. The van der Waals surface area contributed by atoms with Gasteiger partial charge in [0.2, 0.25) is 0 Å². The largest absolute Gasteiger partial charge is 0.393 e. The molecule has 3 rings (SSSR count). The Balaban J connectivity index is 1.63. The van der Waals surface area contributed by atoms with Gasteiger partial charge in [-0.15, -0.1) is 0 Å². The molecule has 0 saturated heterocycles. The smallest absolute Gasteiger partial charge is 0.139 e. The molecule has 2 heteroatoms. The Hall–Kier alpha value is -0.630. The van der Waals surface area contributed by atoms with Crippen LogP contribution in [0.1, 0.15) is 78.1 Å². The van der Waals surface area contributed by atoms with E-state index in [9.17, 15) is 9.90 Å². The Bertz CT molecular complexity index is 453. The van der Waals surface area contributed by atoms with E-state index >= 15 is 0 Å². The van der Waals surface area contributed by atoms with Gasteiger partial charge in [0, 0.05) is 11.8 Å². The molecule has 0 bridgehead atoms. The number of unbranched alkanes of at least 4 members (excludes halogenated alkanes) is 1. The zero-order valence-electron chi connectivity index (χ0n) is 14.3. The maximum absolute atomic E-state index is 12.3. The molecule has 22 heavy (non-hydrogen) atoms. The summed E-state index contributed by atoms with van der Waals surface area (Å²) in [5, 5.41) is 10.2. The van der Waals surface area contributed by atoms with Crippen molar-refractivity contribution in [1.29, 1.82) is 0 Å². The van der Waals surface area contributed by atoms with Crippen LogP contribution >= 0.6 is 0 Å². The third-order valence-electron chi connectivity index (χ3n) is 6.89. The van der Waals surface area contributed by atoms with E-state index in [2.05, 4.69) is 19.9 Å². The van der Waals surface area contributed by atoms with E-state index in [0.717, 1.165) is 63.2 Å². The molecule has 124 valence electrons. The second-order valence-electron chi connectivity index (χ2n) is 8.25. The molecule has 0 aromatic carbocycles. The lowest BCUT2D eigenvalue weighted by Gasteiger charge is -2.47. The van der Waals surface area contributed by atoms with Gasteiger partial charge in [0.1, 0.15) is 5.78 Å². The molecule has 2 nitrogen and oxygen atoms in total. The topological polar surface area (TPSA) is 37.3 Å². The predicted octanol–water partition coefficient (Wildman–Crippen LogP) is 4.66. The van der Waals surface area contributed by atoms with Gasteiger partial charge in [-0.1, -0.05) is 38.3 Å². The number of aliphatic hydroxyl groups is 1. The quantitative estimate of drug-likeness (QED) is 0.750. The van der Waals surface area contributed by atoms with Crippen molar-refractivity contribution in [1.82, 2.24) is 0 Å². The van der Waals surface area contributed by atoms with E-state index in [4.69, 9.17) is 0 Å². The molecule has 0 radical (unpaired) electrons. The van der Waals surface area contributed by atoms with Gasteiger partial charge >= 0.3 is 0 Å². The minimum atomic E-state index is -0.148. The number of allylic oxidation sites excluding steroid dienone is 1. The van der Waals surface area contributed by atoms with E-state index < -0.39 is 0 Å². The number of rotatable bonds is 5. The van der Waals surface area contributed by atoms with Crippen LogP contribution in [0.3, 0.4) is 0 Å². The summed E-state index contributed by atoms with van der Waals surface area (Å²) >= 11 is 0. The number of ketones is 1. The first-order valence-electron chi connectivity index (χ1n) is 9.44. The molecule has 3 aliphatic rings. The first-order chi connectivity index (χ1) is 10.5. The van der Waals surface area contributed by atoms with E-state index in [1.54, 1.807) is 0 Å². The van der Waals surface area contributed by atoms with E-state index in [-0.39, 0.29) is 11.5 Å². The molecule has 2 fully saturated rings. The third-order valence-corrected chi connectivity index (χ3v) is 6.89. The molecule has 0 aliphatic heterocycles. The molecule has 1 N–H and O–H groups in total. The van der Waals surface area contributed by atoms with Crippen LogP contribution in [0.2, 0.25) is 0 Å². The monoisotopic (exact) mass is 304 g/mol. The van der Waals surface area contributed by atoms with Gasteiger partial charge in [-0.25, -0.2) is 0 Å². The van der Waals surface area contributed by atoms with Crippen molar-refractivity contribution in [2.24, 2.45) is 23.2 Å². The van der Waals surface area contributed by atoms with Gasteiger partial charge in [0.15, 0.2) is 0 Å². The fourth-order valence-corrected chi connectivity index (χ4v) is 5.48. The van der Waals surface area contributed by atoms with Gasteiger partial charge in [-0.2, -0.15) is 0 Å². The lowest BCUT2D eigenvalue weighted by molar-refractivity contribution is -0.129. The van der Waals surface area contributed by atoms with Crippen LogP contribution < -0.4 is 0 Å². The second-order valence-corrected chi connectivity index (χ2v) is 8.25. The second kappa shape index (κ2) is 6.47. The first kappa shape index (κ1) is 16.2. The minimum absolute atomic E-state index is 0.00680. The minimum Gasteiger partial charge on any atom is -0.393 e. The molecule has 2 saturated carbocycles. The molecule has 3 unspecified atom stereocenters. The van der Waals surface area contributed by atoms with Crippen LogP contribution in [-0.4, -0.2) is 17.0 Å². The first-order valence-corrected chi connectivity index (χ1v) is 9.44. The van der Waals surface area contributed by atoms with Gasteiger partial charge in [-0.3, -0.25) is 4.79 Å². The molecule has 3 aliphatic carbocycles. The van der Waals surface area contributed by atoms with Crippen LogP contribution in [-0.2, 0) is 4.79 Å². The standard InChI is InChI=1S/C20H32O2/c1-3-4-5-16(21)13-14-6-7-17-15(12-14)10-11-20(2)18(17)8-9-19(20)22/h6,15-18,21H,3-5,7-13H2,1-2H3/t15?,16-,17?,18?,20-/m0/s1. The lowest BCUT2D eigenvalue weighted by Crippen LogP contribution is -2.42. The number of hydrogen-bond donors (Lipinski definition) is 1. The van der Waals surface area contributed by atoms with Gasteiger partial charge < -0.3 is 5.11 Å². The van der Waals surface area contributed by atoms with Crippen LogP contribution in [0, 0.1) is 23.2 Å². The molecule has 0 heterocycles. The zero-order chi connectivity index (χ0) is 15.7. The maximum Gasteiger partial charge on any atom is 0.139 e. The molecule has 0 aromatic heterocycles. The average molecular weight is 304 g/mol. The van der Waals surface area contributed by atoms with E-state index in [1.807, 2.05) is 0 Å². The molecule has 0 amide bonds. The summed E-state index contributed by atoms with van der Waals surface area (Å²) in [4.78, 5) is 12.3. The van der Waals surface area contributed by atoms with Gasteiger partial charge in [0.25, 0.3) is 0 Å². The van der Waals surface area contributed by atoms with Crippen molar-refractivity contribution < 1.29 is 9.90 Å². The Morgan fingerprint density at radius 2 is 2.23 bits per heavy atom. The number of carbonyl (C=O) groups excluding carboxylic acids is 1. The molecule has 5 atom stereocenters. The number of Topliss-reactive ketones (excluding diaryl/α,β-unsaturated/α-hetero) is 1. The van der Waals surface area contributed by atoms with Crippen molar-refractivity contribution in [3.8, 4) is 0 Å². The highest BCUT2D eigenvalue weighted by Crippen LogP contribution is 2.57. The molecular formula is C20H32O2. The highest BCUT2D eigenvalue weighted by molar-refractivity contribution is 5.87. The average Bonchev–Trinajstić information content (AvgIpc) is 2.81. The van der Waals surface area contributed by atoms with Crippen LogP contribution in [0.5, 0.6) is 0 Å². The highest BCUT2D eigenvalue weighted by atomic mass is 16.3. The van der Waals surface area contributed by atoms with Crippen LogP contribution in [0.15, 0.2) is 11.6 Å². The normalized spacial score (nSPS) is 39.1. The summed E-state index contributed by atoms with van der Waals surface area (Å²) in [5.41, 5.74) is 1.48. The number of hydrogen-bond acceptors (Lipinski definition) is 2. The van der Waals surface area contributed by atoms with Crippen LogP contribution in [0.4, 0.5) is 0 Å². The van der Waals surface area contributed by atoms with Gasteiger partial charge in [-0.05, 0) is 62.7 Å². The van der Waals surface area contributed by atoms with E-state index in [1.165, 1.54) is 18.4 Å². The summed E-state index contributed by atoms with van der Waals surface area (Å²) in [5.74, 6) is 2.64. The number of carbonyl (C=O) groups is 1. The highest BCUT2D eigenvalue weighted by Gasteiger charge is 2.53. The van der Waals surface area contributed by atoms with Crippen molar-refractivity contribution in [3.05, 3.63) is 11.6 Å². The summed E-state index contributed by atoms with van der Waals surface area (Å²) in [6, 6.07) is 0. The Morgan fingerprint density at radius 3 is 3.00 bits per heavy atom.